The number of ether oxygens (including phenoxy) is 1. The molecule has 3 heterocycles. The van der Waals surface area contributed by atoms with E-state index in [0.29, 0.717) is 0 Å². The van der Waals surface area contributed by atoms with Crippen molar-refractivity contribution < 1.29 is 9.13 Å². The summed E-state index contributed by atoms with van der Waals surface area (Å²) in [6.07, 6.45) is 2.86. The molecule has 7 heteroatoms. The molecule has 6 nitrogen and oxygen atoms in total. The maximum absolute atomic E-state index is 13.5. The average Bonchev–Trinajstić information content (AvgIpc) is 2.84. The molecule has 0 unspecified atom stereocenters. The molecular formula is C25H28FN5O. The number of para-hydroxylation sites is 2. The minimum Gasteiger partial charge on any atom is -0.495 e. The number of halogens is 1. The van der Waals surface area contributed by atoms with Crippen molar-refractivity contribution in [3.63, 3.8) is 0 Å². The molecule has 0 bridgehead atoms. The van der Waals surface area contributed by atoms with Gasteiger partial charge in [-0.15, -0.1) is 0 Å². The zero-order valence-electron chi connectivity index (χ0n) is 18.4. The van der Waals surface area contributed by atoms with Gasteiger partial charge >= 0.3 is 0 Å². The highest BCUT2D eigenvalue weighted by molar-refractivity contribution is 5.59. The van der Waals surface area contributed by atoms with Crippen molar-refractivity contribution in [2.45, 2.75) is 19.5 Å². The normalized spacial score (nSPS) is 16.7. The Morgan fingerprint density at radius 2 is 1.78 bits per heavy atom. The molecule has 2 aliphatic rings. The second-order valence-corrected chi connectivity index (χ2v) is 8.38. The number of rotatable bonds is 5. The van der Waals surface area contributed by atoms with E-state index in [1.807, 2.05) is 30.5 Å². The van der Waals surface area contributed by atoms with E-state index in [1.165, 1.54) is 11.6 Å². The molecule has 0 aliphatic carbocycles. The lowest BCUT2D eigenvalue weighted by molar-refractivity contribution is 0.242. The highest BCUT2D eigenvalue weighted by Gasteiger charge is 2.24. The molecule has 3 aromatic rings. The van der Waals surface area contributed by atoms with Crippen LogP contribution in [0.25, 0.3) is 0 Å². The quantitative estimate of drug-likeness (QED) is 0.614. The molecule has 1 saturated heterocycles. The Balaban J connectivity index is 1.22. The van der Waals surface area contributed by atoms with Crippen molar-refractivity contribution in [3.8, 4) is 5.75 Å². The van der Waals surface area contributed by atoms with Gasteiger partial charge in [0.1, 0.15) is 11.6 Å². The summed E-state index contributed by atoms with van der Waals surface area (Å²) in [4.78, 5) is 16.6. The Bertz CT molecular complexity index is 1080. The van der Waals surface area contributed by atoms with Gasteiger partial charge in [-0.1, -0.05) is 24.3 Å². The molecule has 0 amide bonds. The topological polar surface area (TPSA) is 44.7 Å². The predicted octanol–water partition coefficient (Wildman–Crippen LogP) is 3.51. The van der Waals surface area contributed by atoms with Gasteiger partial charge in [-0.25, -0.2) is 14.4 Å². The Morgan fingerprint density at radius 3 is 2.59 bits per heavy atom. The molecule has 0 atom stereocenters. The van der Waals surface area contributed by atoms with Gasteiger partial charge in [0.2, 0.25) is 5.95 Å². The maximum atomic E-state index is 13.5. The van der Waals surface area contributed by atoms with E-state index >= 15 is 0 Å². The minimum absolute atomic E-state index is 0.182. The third-order valence-corrected chi connectivity index (χ3v) is 6.28. The number of hydrogen-bond acceptors (Lipinski definition) is 6. The molecule has 1 fully saturated rings. The summed E-state index contributed by atoms with van der Waals surface area (Å²) in [6, 6.07) is 15.0. The van der Waals surface area contributed by atoms with Crippen LogP contribution in [0.3, 0.4) is 0 Å². The Hall–Kier alpha value is -3.19. The first-order chi connectivity index (χ1) is 15.7. The van der Waals surface area contributed by atoms with E-state index in [1.54, 1.807) is 19.2 Å². The molecule has 1 aromatic heterocycles. The first-order valence-electron chi connectivity index (χ1n) is 11.1. The molecule has 0 saturated carbocycles. The molecule has 5 rings (SSSR count). The van der Waals surface area contributed by atoms with Crippen LogP contribution < -0.4 is 14.5 Å². The van der Waals surface area contributed by atoms with E-state index in [0.717, 1.165) is 80.9 Å². The standard InChI is InChI=1S/C25H28FN5O/c1-32-24-8-3-2-7-23(24)30-11-13-31(14-12-30)25-27-16-20-18-29(10-9-22(20)28-25)17-19-5-4-6-21(26)15-19/h2-8,15-16H,9-14,17-18H2,1H3. The number of nitrogens with zero attached hydrogens (tertiary/aromatic N) is 5. The Labute approximate surface area is 188 Å². The smallest absolute Gasteiger partial charge is 0.225 e. The summed E-state index contributed by atoms with van der Waals surface area (Å²) in [5, 5.41) is 0. The lowest BCUT2D eigenvalue weighted by Gasteiger charge is -2.37. The fraction of sp³-hybridized carbons (Fsp3) is 0.360. The molecular weight excluding hydrogens is 405 g/mol. The molecule has 0 N–H and O–H groups in total. The largest absolute Gasteiger partial charge is 0.495 e. The number of anilines is 2. The lowest BCUT2D eigenvalue weighted by Crippen LogP contribution is -2.47. The zero-order valence-corrected chi connectivity index (χ0v) is 18.4. The van der Waals surface area contributed by atoms with Crippen LogP contribution in [0, 0.1) is 5.82 Å². The van der Waals surface area contributed by atoms with E-state index in [4.69, 9.17) is 9.72 Å². The fourth-order valence-electron chi connectivity index (χ4n) is 4.58. The van der Waals surface area contributed by atoms with Crippen molar-refractivity contribution in [1.82, 2.24) is 14.9 Å². The van der Waals surface area contributed by atoms with Crippen molar-refractivity contribution >= 4 is 11.6 Å². The summed E-state index contributed by atoms with van der Waals surface area (Å²) in [6.45, 7) is 6.02. The number of methoxy groups -OCH3 is 1. The van der Waals surface area contributed by atoms with Crippen molar-refractivity contribution in [2.75, 3.05) is 49.6 Å². The van der Waals surface area contributed by atoms with E-state index in [2.05, 4.69) is 25.8 Å². The van der Waals surface area contributed by atoms with Gasteiger partial charge < -0.3 is 14.5 Å². The number of aromatic nitrogens is 2. The highest BCUT2D eigenvalue weighted by atomic mass is 19.1. The molecule has 2 aliphatic heterocycles. The summed E-state index contributed by atoms with van der Waals surface area (Å²) >= 11 is 0. The third-order valence-electron chi connectivity index (χ3n) is 6.28. The zero-order chi connectivity index (χ0) is 21.9. The predicted molar refractivity (Wildman–Crippen MR) is 124 cm³/mol. The van der Waals surface area contributed by atoms with Crippen molar-refractivity contribution in [1.29, 1.82) is 0 Å². The second kappa shape index (κ2) is 9.12. The van der Waals surface area contributed by atoms with Gasteiger partial charge in [-0.3, -0.25) is 4.90 Å². The van der Waals surface area contributed by atoms with E-state index in [9.17, 15) is 4.39 Å². The minimum atomic E-state index is -0.182. The number of piperazine rings is 1. The summed E-state index contributed by atoms with van der Waals surface area (Å²) in [5.41, 5.74) is 4.44. The SMILES string of the molecule is COc1ccccc1N1CCN(c2ncc3c(n2)CCN(Cc2cccc(F)c2)C3)CC1. The fourth-order valence-corrected chi connectivity index (χ4v) is 4.58. The maximum Gasteiger partial charge on any atom is 0.225 e. The summed E-state index contributed by atoms with van der Waals surface area (Å²) in [5.74, 6) is 1.55. The van der Waals surface area contributed by atoms with Crippen LogP contribution in [0.4, 0.5) is 16.0 Å². The first kappa shape index (κ1) is 20.7. The van der Waals surface area contributed by atoms with Crippen molar-refractivity contribution in [2.24, 2.45) is 0 Å². The van der Waals surface area contributed by atoms with Crippen LogP contribution in [0.15, 0.2) is 54.7 Å². The molecule has 166 valence electrons. The molecule has 2 aromatic carbocycles. The monoisotopic (exact) mass is 433 g/mol. The van der Waals surface area contributed by atoms with E-state index < -0.39 is 0 Å². The lowest BCUT2D eigenvalue weighted by atomic mass is 10.1. The van der Waals surface area contributed by atoms with Gasteiger partial charge in [0.15, 0.2) is 0 Å². The van der Waals surface area contributed by atoms with Crippen LogP contribution in [0.5, 0.6) is 5.75 Å². The van der Waals surface area contributed by atoms with Gasteiger partial charge in [-0.2, -0.15) is 0 Å². The number of hydrogen-bond donors (Lipinski definition) is 0. The summed E-state index contributed by atoms with van der Waals surface area (Å²) in [7, 11) is 1.72. The molecule has 32 heavy (non-hydrogen) atoms. The van der Waals surface area contributed by atoms with Gasteiger partial charge in [0, 0.05) is 64.0 Å². The molecule has 0 radical (unpaired) electrons. The van der Waals surface area contributed by atoms with Crippen LogP contribution in [-0.2, 0) is 19.5 Å². The molecule has 0 spiro atoms. The van der Waals surface area contributed by atoms with Gasteiger partial charge in [0.25, 0.3) is 0 Å². The number of fused-ring (bicyclic) bond motifs is 1. The second-order valence-electron chi connectivity index (χ2n) is 8.38. The van der Waals surface area contributed by atoms with Crippen LogP contribution in [-0.4, -0.2) is 54.7 Å². The van der Waals surface area contributed by atoms with Crippen LogP contribution in [0.1, 0.15) is 16.8 Å². The van der Waals surface area contributed by atoms with Crippen molar-refractivity contribution in [3.05, 3.63) is 77.4 Å². The first-order valence-corrected chi connectivity index (χ1v) is 11.1. The van der Waals surface area contributed by atoms with Crippen LogP contribution in [0.2, 0.25) is 0 Å². The average molecular weight is 434 g/mol. The number of benzene rings is 2. The highest BCUT2D eigenvalue weighted by Crippen LogP contribution is 2.29. The Morgan fingerprint density at radius 1 is 0.969 bits per heavy atom. The Kier molecular flexibility index (Phi) is 5.90. The van der Waals surface area contributed by atoms with E-state index in [-0.39, 0.29) is 5.82 Å². The third kappa shape index (κ3) is 4.39. The van der Waals surface area contributed by atoms with Gasteiger partial charge in [-0.05, 0) is 29.8 Å². The summed E-state index contributed by atoms with van der Waals surface area (Å²) < 4.78 is 19.0. The van der Waals surface area contributed by atoms with Crippen LogP contribution >= 0.6 is 0 Å². The van der Waals surface area contributed by atoms with Gasteiger partial charge in [0.05, 0.1) is 18.5 Å².